The summed E-state index contributed by atoms with van der Waals surface area (Å²) in [6.07, 6.45) is 6.35. The number of rotatable bonds is 3. The molecule has 1 aromatic rings. The van der Waals surface area contributed by atoms with Crippen molar-refractivity contribution in [3.63, 3.8) is 0 Å². The highest BCUT2D eigenvalue weighted by Crippen LogP contribution is 2.26. The fourth-order valence-corrected chi connectivity index (χ4v) is 3.28. The van der Waals surface area contributed by atoms with Crippen LogP contribution in [0.3, 0.4) is 0 Å². The molecule has 0 spiro atoms. The Bertz CT molecular complexity index is 618. The Labute approximate surface area is 155 Å². The predicted molar refractivity (Wildman–Crippen MR) is 99.9 cm³/mol. The molecule has 3 heterocycles. The molecule has 1 amide bonds. The van der Waals surface area contributed by atoms with Gasteiger partial charge in [-0.15, -0.1) is 0 Å². The predicted octanol–water partition coefficient (Wildman–Crippen LogP) is 3.63. The van der Waals surface area contributed by atoms with Crippen molar-refractivity contribution in [2.24, 2.45) is 0 Å². The average Bonchev–Trinajstić information content (AvgIpc) is 2.61. The number of amides is 1. The quantitative estimate of drug-likeness (QED) is 0.818. The largest absolute Gasteiger partial charge is 0.472 e. The lowest BCUT2D eigenvalue weighted by Gasteiger charge is -2.28. The Morgan fingerprint density at radius 1 is 0.923 bits per heavy atom. The van der Waals surface area contributed by atoms with E-state index in [-0.39, 0.29) is 17.6 Å². The number of aromatic nitrogens is 2. The molecule has 0 bridgehead atoms. The van der Waals surface area contributed by atoms with E-state index in [1.807, 2.05) is 20.8 Å². The van der Waals surface area contributed by atoms with Gasteiger partial charge in [-0.05, 0) is 59.3 Å². The molecule has 7 heteroatoms. The van der Waals surface area contributed by atoms with Crippen LogP contribution in [0.1, 0.15) is 59.3 Å². The molecular formula is C19H30N4O3. The minimum absolute atomic E-state index is 0.260. The maximum Gasteiger partial charge on any atom is 0.416 e. The molecule has 0 atom stereocenters. The van der Waals surface area contributed by atoms with Gasteiger partial charge in [0.1, 0.15) is 5.60 Å². The second-order valence-corrected chi connectivity index (χ2v) is 8.02. The van der Waals surface area contributed by atoms with Gasteiger partial charge in [0.25, 0.3) is 0 Å². The Hall–Kier alpha value is -2.05. The van der Waals surface area contributed by atoms with Crippen molar-refractivity contribution in [3.8, 4) is 11.8 Å². The fourth-order valence-electron chi connectivity index (χ4n) is 3.28. The molecule has 1 aromatic heterocycles. The smallest absolute Gasteiger partial charge is 0.416 e. The lowest BCUT2D eigenvalue weighted by molar-refractivity contribution is 0.122. The van der Waals surface area contributed by atoms with Gasteiger partial charge in [0.15, 0.2) is 0 Å². The van der Waals surface area contributed by atoms with Crippen LogP contribution in [0.5, 0.6) is 11.8 Å². The fraction of sp³-hybridized carbons (Fsp3) is 0.737. The first kappa shape index (κ1) is 18.7. The van der Waals surface area contributed by atoms with Gasteiger partial charge in [0.05, 0.1) is 6.07 Å². The highest BCUT2D eigenvalue weighted by atomic mass is 16.6. The van der Waals surface area contributed by atoms with Crippen LogP contribution < -0.4 is 14.4 Å². The molecule has 0 saturated carbocycles. The maximum atomic E-state index is 12.4. The third kappa shape index (κ3) is 5.22. The van der Waals surface area contributed by atoms with Gasteiger partial charge in [-0.25, -0.2) is 4.79 Å². The molecule has 0 aromatic carbocycles. The van der Waals surface area contributed by atoms with Crippen molar-refractivity contribution in [1.29, 1.82) is 0 Å². The third-order valence-corrected chi connectivity index (χ3v) is 4.52. The molecule has 2 saturated heterocycles. The van der Waals surface area contributed by atoms with Crippen molar-refractivity contribution in [2.45, 2.75) is 64.9 Å². The van der Waals surface area contributed by atoms with Crippen molar-refractivity contribution in [3.05, 3.63) is 6.07 Å². The van der Waals surface area contributed by atoms with Gasteiger partial charge in [0, 0.05) is 26.2 Å². The van der Waals surface area contributed by atoms with E-state index in [2.05, 4.69) is 14.9 Å². The van der Waals surface area contributed by atoms with Crippen LogP contribution in [0.2, 0.25) is 0 Å². The molecule has 0 radical (unpaired) electrons. The van der Waals surface area contributed by atoms with E-state index < -0.39 is 0 Å². The number of ether oxygens (including phenoxy) is 2. The van der Waals surface area contributed by atoms with Gasteiger partial charge < -0.3 is 19.3 Å². The summed E-state index contributed by atoms with van der Waals surface area (Å²) >= 11 is 0. The second-order valence-electron chi connectivity index (χ2n) is 8.02. The normalized spacial score (nSPS) is 18.6. The topological polar surface area (TPSA) is 67.8 Å². The lowest BCUT2D eigenvalue weighted by atomic mass is 10.1. The summed E-state index contributed by atoms with van der Waals surface area (Å²) in [5.41, 5.74) is -0.387. The zero-order valence-electron chi connectivity index (χ0n) is 16.2. The van der Waals surface area contributed by atoms with Gasteiger partial charge >= 0.3 is 6.09 Å². The summed E-state index contributed by atoms with van der Waals surface area (Å²) in [4.78, 5) is 25.4. The van der Waals surface area contributed by atoms with E-state index in [1.54, 1.807) is 11.0 Å². The van der Waals surface area contributed by atoms with Crippen LogP contribution in [-0.2, 0) is 0 Å². The van der Waals surface area contributed by atoms with Crippen molar-refractivity contribution in [2.75, 3.05) is 31.1 Å². The van der Waals surface area contributed by atoms with Gasteiger partial charge in [-0.2, -0.15) is 9.97 Å². The van der Waals surface area contributed by atoms with Crippen LogP contribution in [0.4, 0.5) is 10.7 Å². The summed E-state index contributed by atoms with van der Waals surface area (Å²) in [6, 6.07) is 1.61. The summed E-state index contributed by atoms with van der Waals surface area (Å²) in [5, 5.41) is 0. The SMILES string of the molecule is CC(C)(C)Oc1cc(OC(=O)N2CCCCC2)nc(N2CCCCC2)n1. The van der Waals surface area contributed by atoms with Crippen LogP contribution >= 0.6 is 0 Å². The van der Waals surface area contributed by atoms with E-state index in [0.29, 0.717) is 11.8 Å². The molecule has 0 aliphatic carbocycles. The van der Waals surface area contributed by atoms with E-state index in [9.17, 15) is 4.79 Å². The van der Waals surface area contributed by atoms with Crippen LogP contribution in [0.25, 0.3) is 0 Å². The molecule has 144 valence electrons. The van der Waals surface area contributed by atoms with Crippen molar-refractivity contribution >= 4 is 12.0 Å². The average molecular weight is 362 g/mol. The Morgan fingerprint density at radius 2 is 1.50 bits per heavy atom. The van der Waals surface area contributed by atoms with Crippen molar-refractivity contribution in [1.82, 2.24) is 14.9 Å². The van der Waals surface area contributed by atoms with Crippen molar-refractivity contribution < 1.29 is 14.3 Å². The number of carbonyl (C=O) groups is 1. The number of carbonyl (C=O) groups excluding carboxylic acids is 1. The highest BCUT2D eigenvalue weighted by molar-refractivity contribution is 5.70. The highest BCUT2D eigenvalue weighted by Gasteiger charge is 2.23. The standard InChI is InChI=1S/C19H30N4O3/c1-19(2,3)26-16-14-15(25-18(24)23-12-8-5-9-13-23)20-17(21-16)22-10-6-4-7-11-22/h14H,4-13H2,1-3H3. The maximum absolute atomic E-state index is 12.4. The molecule has 26 heavy (non-hydrogen) atoms. The number of hydrogen-bond donors (Lipinski definition) is 0. The van der Waals surface area contributed by atoms with Crippen LogP contribution in [0.15, 0.2) is 6.07 Å². The van der Waals surface area contributed by atoms with E-state index in [1.165, 1.54) is 12.8 Å². The first-order valence-corrected chi connectivity index (χ1v) is 9.70. The molecular weight excluding hydrogens is 332 g/mol. The second kappa shape index (κ2) is 8.10. The first-order chi connectivity index (χ1) is 12.4. The summed E-state index contributed by atoms with van der Waals surface area (Å²) in [7, 11) is 0. The number of piperidine rings is 2. The monoisotopic (exact) mass is 362 g/mol. The lowest BCUT2D eigenvalue weighted by Crippen LogP contribution is -2.38. The molecule has 0 unspecified atom stereocenters. The molecule has 2 aliphatic heterocycles. The summed E-state index contributed by atoms with van der Waals surface area (Å²) < 4.78 is 11.5. The third-order valence-electron chi connectivity index (χ3n) is 4.52. The van der Waals surface area contributed by atoms with E-state index in [4.69, 9.17) is 9.47 Å². The molecule has 0 N–H and O–H groups in total. The van der Waals surface area contributed by atoms with Gasteiger partial charge in [-0.3, -0.25) is 0 Å². The number of hydrogen-bond acceptors (Lipinski definition) is 6. The Morgan fingerprint density at radius 3 is 2.12 bits per heavy atom. The van der Waals surface area contributed by atoms with E-state index >= 15 is 0 Å². The first-order valence-electron chi connectivity index (χ1n) is 9.70. The molecule has 2 aliphatic rings. The Balaban J connectivity index is 1.79. The van der Waals surface area contributed by atoms with Crippen LogP contribution in [-0.4, -0.2) is 52.7 Å². The molecule has 2 fully saturated rings. The molecule has 3 rings (SSSR count). The van der Waals surface area contributed by atoms with Gasteiger partial charge in [-0.1, -0.05) is 0 Å². The van der Waals surface area contributed by atoms with E-state index in [0.717, 1.165) is 51.9 Å². The minimum atomic E-state index is -0.387. The number of nitrogens with zero attached hydrogens (tertiary/aromatic N) is 4. The Kier molecular flexibility index (Phi) is 5.84. The minimum Gasteiger partial charge on any atom is -0.472 e. The number of anilines is 1. The van der Waals surface area contributed by atoms with Gasteiger partial charge in [0.2, 0.25) is 17.7 Å². The summed E-state index contributed by atoms with van der Waals surface area (Å²) in [6.45, 7) is 9.22. The molecule has 7 nitrogen and oxygen atoms in total. The van der Waals surface area contributed by atoms with Crippen LogP contribution in [0, 0.1) is 0 Å². The summed E-state index contributed by atoms with van der Waals surface area (Å²) in [5.74, 6) is 1.28. The zero-order valence-corrected chi connectivity index (χ0v) is 16.2. The zero-order chi connectivity index (χ0) is 18.6. The number of likely N-dealkylation sites (tertiary alicyclic amines) is 1.